The van der Waals surface area contributed by atoms with Gasteiger partial charge in [0.05, 0.1) is 13.2 Å². The van der Waals surface area contributed by atoms with E-state index in [1.807, 2.05) is 11.1 Å². The van der Waals surface area contributed by atoms with Crippen LogP contribution in [-0.4, -0.2) is 30.7 Å². The molecule has 0 aromatic heterocycles. The van der Waals surface area contributed by atoms with Gasteiger partial charge in [0, 0.05) is 19.4 Å². The smallest absolute Gasteiger partial charge is 0.168 e. The van der Waals surface area contributed by atoms with Gasteiger partial charge in [0.25, 0.3) is 0 Å². The van der Waals surface area contributed by atoms with Gasteiger partial charge in [0.1, 0.15) is 0 Å². The molecule has 1 N–H and O–H groups in total. The number of hydrogen-bond acceptors (Lipinski definition) is 3. The van der Waals surface area contributed by atoms with Crippen LogP contribution in [0.25, 0.3) is 0 Å². The average Bonchev–Trinajstić information content (AvgIpc) is 3.21. The van der Waals surface area contributed by atoms with Crippen molar-refractivity contribution in [3.05, 3.63) is 11.1 Å². The van der Waals surface area contributed by atoms with Gasteiger partial charge >= 0.3 is 0 Å². The quantitative estimate of drug-likeness (QED) is 0.717. The maximum Gasteiger partial charge on any atom is 0.168 e. The van der Waals surface area contributed by atoms with Crippen molar-refractivity contribution >= 4 is 0 Å². The first kappa shape index (κ1) is 17.7. The maximum absolute atomic E-state index is 9.52. The molecule has 1 spiro atoms. The van der Waals surface area contributed by atoms with E-state index in [0.717, 1.165) is 50.2 Å². The van der Waals surface area contributed by atoms with Crippen molar-refractivity contribution in [2.45, 2.75) is 83.8 Å². The minimum Gasteiger partial charge on any atom is -0.396 e. The van der Waals surface area contributed by atoms with E-state index in [4.69, 9.17) is 9.47 Å². The molecule has 1 aliphatic heterocycles. The van der Waals surface area contributed by atoms with Gasteiger partial charge in [-0.05, 0) is 80.0 Å². The fraction of sp³-hybridized carbons (Fsp3) is 0.913. The van der Waals surface area contributed by atoms with E-state index in [1.54, 1.807) is 0 Å². The molecule has 146 valence electrons. The van der Waals surface area contributed by atoms with Crippen LogP contribution in [0.4, 0.5) is 0 Å². The van der Waals surface area contributed by atoms with Crippen LogP contribution in [0.15, 0.2) is 11.1 Å². The molecule has 0 amide bonds. The molecule has 3 nitrogen and oxygen atoms in total. The number of ether oxygens (including phenoxy) is 2. The van der Waals surface area contributed by atoms with Gasteiger partial charge in [0.2, 0.25) is 0 Å². The predicted octanol–water partition coefficient (Wildman–Crippen LogP) is 4.84. The number of aliphatic hydroxyl groups excluding tert-OH is 1. The Balaban J connectivity index is 1.44. The Bertz CT molecular complexity index is 605. The molecule has 5 rings (SSSR count). The van der Waals surface area contributed by atoms with Crippen LogP contribution in [0.3, 0.4) is 0 Å². The molecule has 5 atom stereocenters. The topological polar surface area (TPSA) is 38.7 Å². The molecule has 5 aliphatic rings. The first-order valence-corrected chi connectivity index (χ1v) is 11.1. The number of aliphatic hydroxyl groups is 1. The first-order chi connectivity index (χ1) is 12.5. The van der Waals surface area contributed by atoms with Crippen LogP contribution in [0.5, 0.6) is 0 Å². The lowest BCUT2D eigenvalue weighted by Gasteiger charge is -2.56. The second-order valence-electron chi connectivity index (χ2n) is 10.3. The third-order valence-electron chi connectivity index (χ3n) is 9.48. The Kier molecular flexibility index (Phi) is 4.12. The first-order valence-electron chi connectivity index (χ1n) is 11.1. The summed E-state index contributed by atoms with van der Waals surface area (Å²) in [5.41, 5.74) is 4.51. The summed E-state index contributed by atoms with van der Waals surface area (Å²) in [6.07, 6.45) is 12.4. The minimum absolute atomic E-state index is 0.245. The molecular weight excluding hydrogens is 324 g/mol. The van der Waals surface area contributed by atoms with Gasteiger partial charge in [-0.1, -0.05) is 25.0 Å². The molecule has 4 aliphatic carbocycles. The van der Waals surface area contributed by atoms with E-state index in [1.165, 1.54) is 44.9 Å². The third kappa shape index (κ3) is 2.36. The summed E-state index contributed by atoms with van der Waals surface area (Å²) in [7, 11) is 0. The van der Waals surface area contributed by atoms with Crippen molar-refractivity contribution in [2.75, 3.05) is 19.8 Å². The molecule has 0 aromatic carbocycles. The van der Waals surface area contributed by atoms with E-state index >= 15 is 0 Å². The highest BCUT2D eigenvalue weighted by Crippen LogP contribution is 2.66. The molecule has 26 heavy (non-hydrogen) atoms. The van der Waals surface area contributed by atoms with Gasteiger partial charge in [-0.3, -0.25) is 0 Å². The molecule has 5 unspecified atom stereocenters. The summed E-state index contributed by atoms with van der Waals surface area (Å²) in [4.78, 5) is 0. The largest absolute Gasteiger partial charge is 0.396 e. The molecule has 1 heterocycles. The highest BCUT2D eigenvalue weighted by Gasteiger charge is 2.57. The lowest BCUT2D eigenvalue weighted by atomic mass is 9.50. The summed E-state index contributed by atoms with van der Waals surface area (Å²) in [5.74, 6) is 2.00. The van der Waals surface area contributed by atoms with Crippen LogP contribution in [-0.2, 0) is 9.47 Å². The van der Waals surface area contributed by atoms with Crippen molar-refractivity contribution in [3.8, 4) is 0 Å². The zero-order valence-corrected chi connectivity index (χ0v) is 16.7. The number of rotatable bonds is 2. The summed E-state index contributed by atoms with van der Waals surface area (Å²) in [5, 5.41) is 9.52. The second kappa shape index (κ2) is 6.06. The van der Waals surface area contributed by atoms with Gasteiger partial charge in [-0.15, -0.1) is 0 Å². The van der Waals surface area contributed by atoms with E-state index in [9.17, 15) is 5.11 Å². The molecular formula is C23H36O3. The second-order valence-corrected chi connectivity index (χ2v) is 10.3. The van der Waals surface area contributed by atoms with Crippen LogP contribution < -0.4 is 0 Å². The van der Waals surface area contributed by atoms with E-state index in [2.05, 4.69) is 13.8 Å². The zero-order valence-electron chi connectivity index (χ0n) is 16.7. The van der Waals surface area contributed by atoms with Crippen molar-refractivity contribution in [2.24, 2.45) is 28.6 Å². The van der Waals surface area contributed by atoms with E-state index in [0.29, 0.717) is 17.4 Å². The Labute approximate surface area is 158 Å². The van der Waals surface area contributed by atoms with Crippen molar-refractivity contribution in [3.63, 3.8) is 0 Å². The van der Waals surface area contributed by atoms with E-state index in [-0.39, 0.29) is 5.79 Å². The lowest BCUT2D eigenvalue weighted by Crippen LogP contribution is -2.49. The van der Waals surface area contributed by atoms with Gasteiger partial charge in [-0.25, -0.2) is 0 Å². The van der Waals surface area contributed by atoms with Crippen LogP contribution in [0.1, 0.15) is 78.1 Å². The standard InChI is InChI=1S/C23H36O3/c1-21-9-7-20-18(19(21)6-4-16(21)8-12-24)5-3-17-15-23(25-13-14-26-23)11-10-22(17,20)2/h16-17,19,24H,3-15H2,1-2H3. The van der Waals surface area contributed by atoms with Crippen molar-refractivity contribution in [1.82, 2.24) is 0 Å². The van der Waals surface area contributed by atoms with E-state index < -0.39 is 0 Å². The predicted molar refractivity (Wildman–Crippen MR) is 102 cm³/mol. The molecule has 3 heteroatoms. The summed E-state index contributed by atoms with van der Waals surface area (Å²) >= 11 is 0. The average molecular weight is 361 g/mol. The SMILES string of the molecule is CC12CCC3(CC1CCC1=C2CCC2(C)C(CCO)CCC12)OCCO3. The summed E-state index contributed by atoms with van der Waals surface area (Å²) in [6, 6.07) is 0. The molecule has 1 saturated heterocycles. The minimum atomic E-state index is -0.245. The maximum atomic E-state index is 9.52. The monoisotopic (exact) mass is 360 g/mol. The fourth-order valence-electron chi connectivity index (χ4n) is 7.90. The van der Waals surface area contributed by atoms with Gasteiger partial charge < -0.3 is 14.6 Å². The van der Waals surface area contributed by atoms with Crippen molar-refractivity contribution < 1.29 is 14.6 Å². The highest BCUT2D eigenvalue weighted by atomic mass is 16.7. The molecule has 0 radical (unpaired) electrons. The van der Waals surface area contributed by atoms with Crippen LogP contribution in [0, 0.1) is 28.6 Å². The lowest BCUT2D eigenvalue weighted by molar-refractivity contribution is -0.204. The normalized spacial score (nSPS) is 47.0. The molecule has 3 fully saturated rings. The summed E-state index contributed by atoms with van der Waals surface area (Å²) in [6.45, 7) is 7.03. The molecule has 2 saturated carbocycles. The van der Waals surface area contributed by atoms with Crippen LogP contribution in [0.2, 0.25) is 0 Å². The number of allylic oxidation sites excluding steroid dienone is 2. The fourth-order valence-corrected chi connectivity index (χ4v) is 7.90. The van der Waals surface area contributed by atoms with Crippen LogP contribution >= 0.6 is 0 Å². The van der Waals surface area contributed by atoms with Gasteiger partial charge in [-0.2, -0.15) is 0 Å². The Morgan fingerprint density at radius 1 is 1.00 bits per heavy atom. The third-order valence-corrected chi connectivity index (χ3v) is 9.48. The Hall–Kier alpha value is -0.380. The summed E-state index contributed by atoms with van der Waals surface area (Å²) < 4.78 is 12.2. The van der Waals surface area contributed by atoms with Crippen molar-refractivity contribution in [1.29, 1.82) is 0 Å². The number of fused-ring (bicyclic) bond motifs is 4. The Morgan fingerprint density at radius 2 is 1.81 bits per heavy atom. The van der Waals surface area contributed by atoms with Gasteiger partial charge in [0.15, 0.2) is 5.79 Å². The molecule has 0 aromatic rings. The number of hydrogen-bond donors (Lipinski definition) is 1. The molecule has 0 bridgehead atoms. The Morgan fingerprint density at radius 3 is 2.58 bits per heavy atom. The zero-order chi connectivity index (χ0) is 18.0. The highest BCUT2D eigenvalue weighted by molar-refractivity contribution is 5.34.